The normalized spacial score (nSPS) is 10.8. The molecule has 0 radical (unpaired) electrons. The summed E-state index contributed by atoms with van der Waals surface area (Å²) in [4.78, 5) is 19.3. The Morgan fingerprint density at radius 2 is 2.16 bits per heavy atom. The van der Waals surface area contributed by atoms with Crippen LogP contribution in [-0.4, -0.2) is 25.6 Å². The molecular formula is C14H11N3O2. The van der Waals surface area contributed by atoms with Gasteiger partial charge in [0, 0.05) is 42.8 Å². The molecule has 19 heavy (non-hydrogen) atoms. The fraction of sp³-hybridized carbons (Fsp3) is 0.0714. The van der Waals surface area contributed by atoms with E-state index in [-0.39, 0.29) is 5.56 Å². The molecule has 1 N–H and O–H groups in total. The SMILES string of the molecule is Cn1ccc2c(-c3cncc(C(=O)O)c3)ccnc21. The second-order valence-electron chi connectivity index (χ2n) is 4.29. The van der Waals surface area contributed by atoms with E-state index in [0.29, 0.717) is 0 Å². The molecule has 3 heterocycles. The number of nitrogens with zero attached hydrogens (tertiary/aromatic N) is 3. The molecule has 0 amide bonds. The van der Waals surface area contributed by atoms with E-state index in [9.17, 15) is 4.79 Å². The molecular weight excluding hydrogens is 242 g/mol. The van der Waals surface area contributed by atoms with E-state index in [2.05, 4.69) is 9.97 Å². The molecule has 94 valence electrons. The van der Waals surface area contributed by atoms with Crippen molar-refractivity contribution in [3.05, 3.63) is 48.5 Å². The molecule has 0 atom stereocenters. The van der Waals surface area contributed by atoms with Crippen LogP contribution in [0.2, 0.25) is 0 Å². The number of pyridine rings is 2. The fourth-order valence-electron chi connectivity index (χ4n) is 2.12. The average molecular weight is 253 g/mol. The van der Waals surface area contributed by atoms with Crippen LogP contribution in [0.5, 0.6) is 0 Å². The van der Waals surface area contributed by atoms with Gasteiger partial charge in [-0.2, -0.15) is 0 Å². The fourth-order valence-corrected chi connectivity index (χ4v) is 2.12. The molecule has 3 aromatic rings. The Hall–Kier alpha value is -2.69. The predicted molar refractivity (Wildman–Crippen MR) is 70.9 cm³/mol. The Kier molecular flexibility index (Phi) is 2.52. The third-order valence-corrected chi connectivity index (χ3v) is 3.06. The van der Waals surface area contributed by atoms with Gasteiger partial charge in [-0.1, -0.05) is 0 Å². The van der Waals surface area contributed by atoms with E-state index in [1.54, 1.807) is 18.5 Å². The number of aryl methyl sites for hydroxylation is 1. The van der Waals surface area contributed by atoms with E-state index >= 15 is 0 Å². The van der Waals surface area contributed by atoms with Gasteiger partial charge >= 0.3 is 5.97 Å². The lowest BCUT2D eigenvalue weighted by Crippen LogP contribution is -1.97. The topological polar surface area (TPSA) is 68.0 Å². The van der Waals surface area contributed by atoms with Crippen molar-refractivity contribution < 1.29 is 9.90 Å². The molecule has 3 aromatic heterocycles. The van der Waals surface area contributed by atoms with Gasteiger partial charge in [-0.15, -0.1) is 0 Å². The van der Waals surface area contributed by atoms with Gasteiger partial charge in [-0.25, -0.2) is 9.78 Å². The van der Waals surface area contributed by atoms with Gasteiger partial charge in [0.05, 0.1) is 5.56 Å². The van der Waals surface area contributed by atoms with Crippen LogP contribution in [0.15, 0.2) is 43.0 Å². The summed E-state index contributed by atoms with van der Waals surface area (Å²) in [6, 6.07) is 5.45. The van der Waals surface area contributed by atoms with Gasteiger partial charge in [0.2, 0.25) is 0 Å². The highest BCUT2D eigenvalue weighted by Crippen LogP contribution is 2.27. The Morgan fingerprint density at radius 1 is 1.32 bits per heavy atom. The molecule has 0 saturated heterocycles. The summed E-state index contributed by atoms with van der Waals surface area (Å²) in [7, 11) is 1.92. The number of carboxylic acids is 1. The smallest absolute Gasteiger partial charge is 0.337 e. The van der Waals surface area contributed by atoms with Gasteiger partial charge in [0.1, 0.15) is 5.65 Å². The summed E-state index contributed by atoms with van der Waals surface area (Å²) in [6.45, 7) is 0. The Morgan fingerprint density at radius 3 is 2.95 bits per heavy atom. The van der Waals surface area contributed by atoms with Crippen molar-refractivity contribution in [1.29, 1.82) is 0 Å². The summed E-state index contributed by atoms with van der Waals surface area (Å²) in [5, 5.41) is 10.00. The Balaban J connectivity index is 2.24. The number of carbonyl (C=O) groups is 1. The molecule has 0 unspecified atom stereocenters. The second-order valence-corrected chi connectivity index (χ2v) is 4.29. The predicted octanol–water partition coefficient (Wildman–Crippen LogP) is 2.33. The Labute approximate surface area is 109 Å². The van der Waals surface area contributed by atoms with Crippen LogP contribution in [0.1, 0.15) is 10.4 Å². The zero-order chi connectivity index (χ0) is 13.4. The number of carboxylic acid groups (broad SMARTS) is 1. The van der Waals surface area contributed by atoms with E-state index in [1.165, 1.54) is 6.20 Å². The van der Waals surface area contributed by atoms with Crippen molar-refractivity contribution in [2.45, 2.75) is 0 Å². The van der Waals surface area contributed by atoms with E-state index in [4.69, 9.17) is 5.11 Å². The highest BCUT2D eigenvalue weighted by molar-refractivity contribution is 5.95. The minimum absolute atomic E-state index is 0.179. The molecule has 0 aliphatic rings. The number of aromatic nitrogens is 3. The maximum absolute atomic E-state index is 11.0. The monoisotopic (exact) mass is 253 g/mol. The van der Waals surface area contributed by atoms with Crippen LogP contribution in [0.25, 0.3) is 22.2 Å². The second kappa shape index (κ2) is 4.20. The van der Waals surface area contributed by atoms with Crippen LogP contribution in [0.3, 0.4) is 0 Å². The summed E-state index contributed by atoms with van der Waals surface area (Å²) < 4.78 is 1.92. The standard InChI is InChI=1S/C14H11N3O2/c1-17-5-3-12-11(2-4-16-13(12)17)9-6-10(14(18)19)8-15-7-9/h2-8H,1H3,(H,18,19). The molecule has 0 spiro atoms. The number of rotatable bonds is 2. The molecule has 0 aliphatic heterocycles. The van der Waals surface area contributed by atoms with Gasteiger partial charge in [-0.05, 0) is 23.8 Å². The van der Waals surface area contributed by atoms with Crippen molar-refractivity contribution in [2.24, 2.45) is 7.05 Å². The molecule has 0 fully saturated rings. The molecule has 3 rings (SSSR count). The highest BCUT2D eigenvalue weighted by Gasteiger charge is 2.10. The van der Waals surface area contributed by atoms with Crippen LogP contribution in [0.4, 0.5) is 0 Å². The lowest BCUT2D eigenvalue weighted by molar-refractivity contribution is 0.0696. The van der Waals surface area contributed by atoms with Crippen molar-refractivity contribution in [1.82, 2.24) is 14.5 Å². The maximum Gasteiger partial charge on any atom is 0.337 e. The number of fused-ring (bicyclic) bond motifs is 1. The largest absolute Gasteiger partial charge is 0.478 e. The first kappa shape index (κ1) is 11.4. The van der Waals surface area contributed by atoms with Crippen molar-refractivity contribution in [3.8, 4) is 11.1 Å². The number of aromatic carboxylic acids is 1. The summed E-state index contributed by atoms with van der Waals surface area (Å²) in [5.74, 6) is -0.979. The first-order chi connectivity index (χ1) is 9.16. The first-order valence-corrected chi connectivity index (χ1v) is 5.75. The van der Waals surface area contributed by atoms with Crippen LogP contribution in [-0.2, 0) is 7.05 Å². The third kappa shape index (κ3) is 1.85. The van der Waals surface area contributed by atoms with Crippen molar-refractivity contribution in [2.75, 3.05) is 0 Å². The quantitative estimate of drug-likeness (QED) is 0.761. The molecule has 0 aromatic carbocycles. The summed E-state index contributed by atoms with van der Waals surface area (Å²) in [5.41, 5.74) is 2.75. The molecule has 5 heteroatoms. The van der Waals surface area contributed by atoms with Crippen LogP contribution < -0.4 is 0 Å². The number of hydrogen-bond acceptors (Lipinski definition) is 3. The van der Waals surface area contributed by atoms with E-state index in [0.717, 1.165) is 22.2 Å². The average Bonchev–Trinajstić information content (AvgIpc) is 2.81. The van der Waals surface area contributed by atoms with Crippen molar-refractivity contribution in [3.63, 3.8) is 0 Å². The van der Waals surface area contributed by atoms with E-state index in [1.807, 2.05) is 29.9 Å². The van der Waals surface area contributed by atoms with Gasteiger partial charge in [-0.3, -0.25) is 4.98 Å². The lowest BCUT2D eigenvalue weighted by Gasteiger charge is -2.04. The summed E-state index contributed by atoms with van der Waals surface area (Å²) in [6.07, 6.45) is 6.64. The van der Waals surface area contributed by atoms with Gasteiger partial charge < -0.3 is 9.67 Å². The number of hydrogen-bond donors (Lipinski definition) is 1. The molecule has 0 bridgehead atoms. The maximum atomic E-state index is 11.0. The summed E-state index contributed by atoms with van der Waals surface area (Å²) >= 11 is 0. The Bertz CT molecular complexity index is 777. The molecule has 5 nitrogen and oxygen atoms in total. The van der Waals surface area contributed by atoms with Crippen LogP contribution in [0, 0.1) is 0 Å². The third-order valence-electron chi connectivity index (χ3n) is 3.06. The minimum atomic E-state index is -0.979. The van der Waals surface area contributed by atoms with Gasteiger partial charge in [0.25, 0.3) is 0 Å². The first-order valence-electron chi connectivity index (χ1n) is 5.75. The van der Waals surface area contributed by atoms with E-state index < -0.39 is 5.97 Å². The van der Waals surface area contributed by atoms with Gasteiger partial charge in [0.15, 0.2) is 0 Å². The molecule has 0 saturated carbocycles. The minimum Gasteiger partial charge on any atom is -0.478 e. The lowest BCUT2D eigenvalue weighted by atomic mass is 10.0. The zero-order valence-corrected chi connectivity index (χ0v) is 10.2. The van der Waals surface area contributed by atoms with Crippen LogP contribution >= 0.6 is 0 Å². The zero-order valence-electron chi connectivity index (χ0n) is 10.2. The van der Waals surface area contributed by atoms with Crippen molar-refractivity contribution >= 4 is 17.0 Å². The highest BCUT2D eigenvalue weighted by atomic mass is 16.4. The molecule has 0 aliphatic carbocycles.